The molecule has 2 amide bonds. The number of benzene rings is 2. The van der Waals surface area contributed by atoms with Crippen LogP contribution in [0.3, 0.4) is 0 Å². The van der Waals surface area contributed by atoms with Gasteiger partial charge >= 0.3 is 0 Å². The van der Waals surface area contributed by atoms with E-state index in [2.05, 4.69) is 10.6 Å². The van der Waals surface area contributed by atoms with Crippen LogP contribution >= 0.6 is 0 Å². The van der Waals surface area contributed by atoms with Crippen LogP contribution in [0.15, 0.2) is 60.7 Å². The number of nitrogens with one attached hydrogen (secondary N) is 2. The van der Waals surface area contributed by atoms with Gasteiger partial charge in [0.15, 0.2) is 0 Å². The van der Waals surface area contributed by atoms with Crippen LogP contribution in [0.25, 0.3) is 0 Å². The topological polar surface area (TPSA) is 58.2 Å². The fourth-order valence-electron chi connectivity index (χ4n) is 2.43. The van der Waals surface area contributed by atoms with Gasteiger partial charge in [0, 0.05) is 13.1 Å². The summed E-state index contributed by atoms with van der Waals surface area (Å²) in [5, 5.41) is 5.91. The van der Waals surface area contributed by atoms with Gasteiger partial charge in [0.05, 0.1) is 12.8 Å². The van der Waals surface area contributed by atoms with Crippen molar-refractivity contribution in [3.63, 3.8) is 0 Å². The van der Waals surface area contributed by atoms with Gasteiger partial charge in [0.2, 0.25) is 11.8 Å². The highest BCUT2D eigenvalue weighted by molar-refractivity contribution is 5.79. The highest BCUT2D eigenvalue weighted by Gasteiger charge is 2.20. The molecule has 0 spiro atoms. The number of hydrogen-bond acceptors (Lipinski definition) is 2. The molecular weight excluding hydrogens is 312 g/mol. The first-order valence-corrected chi connectivity index (χ1v) is 8.56. The van der Waals surface area contributed by atoms with Gasteiger partial charge in [-0.05, 0) is 16.5 Å². The van der Waals surface area contributed by atoms with E-state index >= 15 is 0 Å². The van der Waals surface area contributed by atoms with Gasteiger partial charge in [-0.25, -0.2) is 0 Å². The molecule has 0 aliphatic rings. The van der Waals surface area contributed by atoms with Gasteiger partial charge in [-0.2, -0.15) is 0 Å². The standard InChI is InChI=1S/C21H26N2O2/c1-21(2,15-22-19(24)13-17-9-5-3-6-10-17)16-23-20(25)14-18-11-7-4-8-12-18/h3-12H,13-16H2,1-2H3,(H,22,24)(H,23,25). The second-order valence-electron chi connectivity index (χ2n) is 7.04. The van der Waals surface area contributed by atoms with Crippen LogP contribution in [0, 0.1) is 5.41 Å². The minimum atomic E-state index is -0.210. The van der Waals surface area contributed by atoms with Crippen molar-refractivity contribution in [3.8, 4) is 0 Å². The molecule has 4 heteroatoms. The van der Waals surface area contributed by atoms with E-state index in [4.69, 9.17) is 0 Å². The van der Waals surface area contributed by atoms with E-state index in [1.54, 1.807) is 0 Å². The quantitative estimate of drug-likeness (QED) is 0.777. The molecule has 0 saturated heterocycles. The summed E-state index contributed by atoms with van der Waals surface area (Å²) >= 11 is 0. The Kier molecular flexibility index (Phi) is 6.75. The Hall–Kier alpha value is -2.62. The number of amides is 2. The van der Waals surface area contributed by atoms with Crippen molar-refractivity contribution in [2.24, 2.45) is 5.41 Å². The van der Waals surface area contributed by atoms with E-state index in [0.717, 1.165) is 11.1 Å². The van der Waals surface area contributed by atoms with Crippen molar-refractivity contribution >= 4 is 11.8 Å². The summed E-state index contributed by atoms with van der Waals surface area (Å²) in [6.07, 6.45) is 0.745. The Labute approximate surface area is 149 Å². The SMILES string of the molecule is CC(C)(CNC(=O)Cc1ccccc1)CNC(=O)Cc1ccccc1. The van der Waals surface area contributed by atoms with Crippen molar-refractivity contribution in [1.29, 1.82) is 0 Å². The molecule has 0 aliphatic heterocycles. The minimum Gasteiger partial charge on any atom is -0.355 e. The van der Waals surface area contributed by atoms with Crippen LogP contribution in [0.5, 0.6) is 0 Å². The monoisotopic (exact) mass is 338 g/mol. The largest absolute Gasteiger partial charge is 0.355 e. The summed E-state index contributed by atoms with van der Waals surface area (Å²) in [5.74, 6) is -0.00947. The number of hydrogen-bond donors (Lipinski definition) is 2. The van der Waals surface area contributed by atoms with E-state index < -0.39 is 0 Å². The van der Waals surface area contributed by atoms with Crippen molar-refractivity contribution in [2.75, 3.05) is 13.1 Å². The Morgan fingerprint density at radius 2 is 1.08 bits per heavy atom. The third kappa shape index (κ3) is 7.21. The first-order valence-electron chi connectivity index (χ1n) is 8.56. The summed E-state index contributed by atoms with van der Waals surface area (Å²) in [4.78, 5) is 24.1. The van der Waals surface area contributed by atoms with Gasteiger partial charge in [-0.15, -0.1) is 0 Å². The molecule has 0 radical (unpaired) electrons. The Balaban J connectivity index is 1.71. The molecule has 4 nitrogen and oxygen atoms in total. The normalized spacial score (nSPS) is 11.0. The van der Waals surface area contributed by atoms with E-state index in [0.29, 0.717) is 25.9 Å². The molecule has 0 saturated carbocycles. The number of rotatable bonds is 8. The maximum absolute atomic E-state index is 12.0. The van der Waals surface area contributed by atoms with Crippen LogP contribution in [0.1, 0.15) is 25.0 Å². The number of carbonyl (C=O) groups is 2. The third-order valence-electron chi connectivity index (χ3n) is 3.94. The Morgan fingerprint density at radius 1 is 0.720 bits per heavy atom. The zero-order valence-electron chi connectivity index (χ0n) is 14.9. The summed E-state index contributed by atoms with van der Waals surface area (Å²) < 4.78 is 0. The fourth-order valence-corrected chi connectivity index (χ4v) is 2.43. The molecule has 0 aliphatic carbocycles. The van der Waals surface area contributed by atoms with Crippen LogP contribution in [0.4, 0.5) is 0 Å². The Morgan fingerprint density at radius 3 is 1.44 bits per heavy atom. The molecule has 0 heterocycles. The molecule has 0 atom stereocenters. The zero-order valence-corrected chi connectivity index (χ0v) is 14.9. The minimum absolute atomic E-state index is 0.00473. The fraction of sp³-hybridized carbons (Fsp3) is 0.333. The van der Waals surface area contributed by atoms with Gasteiger partial charge in [0.25, 0.3) is 0 Å². The summed E-state index contributed by atoms with van der Waals surface area (Å²) in [7, 11) is 0. The lowest BCUT2D eigenvalue weighted by atomic mass is 9.93. The van der Waals surface area contributed by atoms with Crippen LogP contribution in [0.2, 0.25) is 0 Å². The third-order valence-corrected chi connectivity index (χ3v) is 3.94. The summed E-state index contributed by atoms with van der Waals surface area (Å²) in [6.45, 7) is 5.09. The van der Waals surface area contributed by atoms with Crippen molar-refractivity contribution in [3.05, 3.63) is 71.8 Å². The molecule has 132 valence electrons. The highest BCUT2D eigenvalue weighted by Crippen LogP contribution is 2.12. The average Bonchev–Trinajstić information content (AvgIpc) is 2.60. The molecule has 0 aromatic heterocycles. The molecule has 0 unspecified atom stereocenters. The van der Waals surface area contributed by atoms with Crippen molar-refractivity contribution < 1.29 is 9.59 Å². The summed E-state index contributed by atoms with van der Waals surface area (Å²) in [6, 6.07) is 19.3. The van der Waals surface area contributed by atoms with Crippen molar-refractivity contribution in [2.45, 2.75) is 26.7 Å². The maximum Gasteiger partial charge on any atom is 0.224 e. The van der Waals surface area contributed by atoms with E-state index in [1.807, 2.05) is 74.5 Å². The van der Waals surface area contributed by atoms with E-state index in [-0.39, 0.29) is 17.2 Å². The first-order chi connectivity index (χ1) is 11.9. The molecular formula is C21H26N2O2. The van der Waals surface area contributed by atoms with Crippen molar-refractivity contribution in [1.82, 2.24) is 10.6 Å². The predicted octanol–water partition coefficient (Wildman–Crippen LogP) is 2.73. The molecule has 2 aromatic rings. The first kappa shape index (κ1) is 18.7. The lowest BCUT2D eigenvalue weighted by molar-refractivity contribution is -0.120. The van der Waals surface area contributed by atoms with E-state index in [9.17, 15) is 9.59 Å². The molecule has 0 bridgehead atoms. The second-order valence-corrected chi connectivity index (χ2v) is 7.04. The van der Waals surface area contributed by atoms with Crippen LogP contribution in [-0.4, -0.2) is 24.9 Å². The lowest BCUT2D eigenvalue weighted by Crippen LogP contribution is -2.42. The molecule has 2 aromatic carbocycles. The molecule has 2 N–H and O–H groups in total. The molecule has 2 rings (SSSR count). The average molecular weight is 338 g/mol. The van der Waals surface area contributed by atoms with Gasteiger partial charge in [-0.3, -0.25) is 9.59 Å². The smallest absolute Gasteiger partial charge is 0.224 e. The second kappa shape index (κ2) is 9.02. The Bertz CT molecular complexity index is 622. The lowest BCUT2D eigenvalue weighted by Gasteiger charge is -2.25. The number of carbonyl (C=O) groups excluding carboxylic acids is 2. The highest BCUT2D eigenvalue weighted by atomic mass is 16.2. The maximum atomic E-state index is 12.0. The predicted molar refractivity (Wildman–Crippen MR) is 100 cm³/mol. The zero-order chi connectivity index (χ0) is 18.1. The van der Waals surface area contributed by atoms with Gasteiger partial charge in [-0.1, -0.05) is 74.5 Å². The van der Waals surface area contributed by atoms with E-state index in [1.165, 1.54) is 0 Å². The van der Waals surface area contributed by atoms with Gasteiger partial charge in [0.1, 0.15) is 0 Å². The molecule has 0 fully saturated rings. The summed E-state index contributed by atoms with van der Waals surface area (Å²) in [5.41, 5.74) is 1.78. The van der Waals surface area contributed by atoms with Crippen LogP contribution in [-0.2, 0) is 22.4 Å². The van der Waals surface area contributed by atoms with Gasteiger partial charge < -0.3 is 10.6 Å². The molecule has 25 heavy (non-hydrogen) atoms. The van der Waals surface area contributed by atoms with Crippen LogP contribution < -0.4 is 10.6 Å².